The van der Waals surface area contributed by atoms with Gasteiger partial charge in [-0.3, -0.25) is 4.79 Å². The maximum absolute atomic E-state index is 12.1. The van der Waals surface area contributed by atoms with Crippen LogP contribution in [0.2, 0.25) is 0 Å². The van der Waals surface area contributed by atoms with Gasteiger partial charge in [0.25, 0.3) is 0 Å². The summed E-state index contributed by atoms with van der Waals surface area (Å²) in [5.74, 6) is 1.90. The standard InChI is InChI=1S/C26H32N4O2/c1-20-15-18-30(19-16-20)23-11-9-22(10-12-23)26-28-25(32-29-26)14-13-24(31)27-17-5-8-21-6-3-2-4-7-21/h2-4,6-7,9-12,20H,5,8,13-19H2,1H3,(H,27,31). The molecule has 2 aromatic carbocycles. The van der Waals surface area contributed by atoms with Crippen LogP contribution in [0.1, 0.15) is 44.1 Å². The SMILES string of the molecule is CC1CCN(c2ccc(-c3noc(CCC(=O)NCCCc4ccccc4)n3)cc2)CC1. The highest BCUT2D eigenvalue weighted by molar-refractivity contribution is 5.76. The van der Waals surface area contributed by atoms with Crippen LogP contribution in [0, 0.1) is 5.92 Å². The molecule has 0 saturated carbocycles. The number of hydrogen-bond acceptors (Lipinski definition) is 5. The number of benzene rings is 2. The van der Waals surface area contributed by atoms with Crippen molar-refractivity contribution in [3.05, 3.63) is 66.1 Å². The predicted molar refractivity (Wildman–Crippen MR) is 126 cm³/mol. The number of hydrogen-bond donors (Lipinski definition) is 1. The number of anilines is 1. The molecular formula is C26H32N4O2. The second kappa shape index (κ2) is 10.9. The fraction of sp³-hybridized carbons (Fsp3) is 0.423. The first kappa shape index (κ1) is 22.1. The highest BCUT2D eigenvalue weighted by atomic mass is 16.5. The van der Waals surface area contributed by atoms with E-state index in [2.05, 4.69) is 51.5 Å². The molecule has 3 aromatic rings. The van der Waals surface area contributed by atoms with Gasteiger partial charge in [-0.1, -0.05) is 42.4 Å². The van der Waals surface area contributed by atoms with Crippen molar-refractivity contribution < 1.29 is 9.32 Å². The highest BCUT2D eigenvalue weighted by Crippen LogP contribution is 2.25. The largest absolute Gasteiger partial charge is 0.372 e. The molecule has 1 saturated heterocycles. The normalized spacial score (nSPS) is 14.5. The molecule has 0 spiro atoms. The number of rotatable bonds is 9. The van der Waals surface area contributed by atoms with Crippen molar-refractivity contribution in [1.82, 2.24) is 15.5 Å². The smallest absolute Gasteiger partial charge is 0.227 e. The van der Waals surface area contributed by atoms with E-state index in [-0.39, 0.29) is 5.91 Å². The van der Waals surface area contributed by atoms with Gasteiger partial charge < -0.3 is 14.7 Å². The Kier molecular flexibility index (Phi) is 7.54. The lowest BCUT2D eigenvalue weighted by Gasteiger charge is -2.32. The summed E-state index contributed by atoms with van der Waals surface area (Å²) in [7, 11) is 0. The van der Waals surface area contributed by atoms with Crippen LogP contribution in [0.4, 0.5) is 5.69 Å². The number of carbonyl (C=O) groups excluding carboxylic acids is 1. The maximum Gasteiger partial charge on any atom is 0.227 e. The third kappa shape index (κ3) is 6.19. The van der Waals surface area contributed by atoms with Crippen LogP contribution in [-0.4, -0.2) is 35.7 Å². The fourth-order valence-corrected chi connectivity index (χ4v) is 4.04. The van der Waals surface area contributed by atoms with Gasteiger partial charge in [0.15, 0.2) is 0 Å². The van der Waals surface area contributed by atoms with Gasteiger partial charge in [0, 0.05) is 43.7 Å². The predicted octanol–water partition coefficient (Wildman–Crippen LogP) is 4.65. The van der Waals surface area contributed by atoms with Crippen LogP contribution >= 0.6 is 0 Å². The Morgan fingerprint density at radius 1 is 1.06 bits per heavy atom. The fourth-order valence-electron chi connectivity index (χ4n) is 4.04. The van der Waals surface area contributed by atoms with Crippen LogP contribution in [0.25, 0.3) is 11.4 Å². The molecule has 6 heteroatoms. The number of piperidine rings is 1. The molecule has 0 atom stereocenters. The zero-order chi connectivity index (χ0) is 22.2. The molecule has 1 N–H and O–H groups in total. The molecule has 0 aliphatic carbocycles. The monoisotopic (exact) mass is 432 g/mol. The average molecular weight is 433 g/mol. The van der Waals surface area contributed by atoms with E-state index < -0.39 is 0 Å². The number of nitrogens with zero attached hydrogens (tertiary/aromatic N) is 3. The molecule has 1 amide bonds. The lowest BCUT2D eigenvalue weighted by atomic mass is 9.98. The number of nitrogens with one attached hydrogen (secondary N) is 1. The third-order valence-electron chi connectivity index (χ3n) is 6.12. The molecule has 0 radical (unpaired) electrons. The Balaban J connectivity index is 1.20. The quantitative estimate of drug-likeness (QED) is 0.498. The van der Waals surface area contributed by atoms with Crippen molar-refractivity contribution in [2.75, 3.05) is 24.5 Å². The molecule has 1 aliphatic rings. The van der Waals surface area contributed by atoms with Crippen LogP contribution in [0.3, 0.4) is 0 Å². The lowest BCUT2D eigenvalue weighted by molar-refractivity contribution is -0.121. The lowest BCUT2D eigenvalue weighted by Crippen LogP contribution is -2.32. The van der Waals surface area contributed by atoms with Crippen molar-refractivity contribution in [2.24, 2.45) is 5.92 Å². The Morgan fingerprint density at radius 3 is 2.56 bits per heavy atom. The third-order valence-corrected chi connectivity index (χ3v) is 6.12. The van der Waals surface area contributed by atoms with Gasteiger partial charge in [0.1, 0.15) is 0 Å². The van der Waals surface area contributed by atoms with E-state index in [1.54, 1.807) is 0 Å². The molecule has 168 valence electrons. The topological polar surface area (TPSA) is 71.3 Å². The molecule has 4 rings (SSSR count). The van der Waals surface area contributed by atoms with Gasteiger partial charge in [-0.25, -0.2) is 0 Å². The Labute approximate surface area is 190 Å². The summed E-state index contributed by atoms with van der Waals surface area (Å²) in [5, 5.41) is 7.06. The molecule has 0 unspecified atom stereocenters. The summed E-state index contributed by atoms with van der Waals surface area (Å²) < 4.78 is 5.36. The van der Waals surface area contributed by atoms with E-state index >= 15 is 0 Å². The van der Waals surface area contributed by atoms with Gasteiger partial charge in [0.05, 0.1) is 0 Å². The van der Waals surface area contributed by atoms with Crippen LogP contribution in [-0.2, 0) is 17.6 Å². The molecule has 1 fully saturated rings. The molecule has 1 aliphatic heterocycles. The van der Waals surface area contributed by atoms with E-state index in [1.807, 2.05) is 30.3 Å². The summed E-state index contributed by atoms with van der Waals surface area (Å²) >= 11 is 0. The highest BCUT2D eigenvalue weighted by Gasteiger charge is 2.16. The minimum atomic E-state index is 0.0121. The number of carbonyl (C=O) groups is 1. The second-order valence-electron chi connectivity index (χ2n) is 8.67. The van der Waals surface area contributed by atoms with Crippen LogP contribution in [0.5, 0.6) is 0 Å². The van der Waals surface area contributed by atoms with Gasteiger partial charge in [-0.2, -0.15) is 4.98 Å². The van der Waals surface area contributed by atoms with Gasteiger partial charge in [0.2, 0.25) is 17.6 Å². The first-order valence-corrected chi connectivity index (χ1v) is 11.7. The first-order valence-electron chi connectivity index (χ1n) is 11.7. The number of aryl methyl sites for hydroxylation is 2. The van der Waals surface area contributed by atoms with E-state index in [1.165, 1.54) is 24.1 Å². The van der Waals surface area contributed by atoms with Crippen molar-refractivity contribution >= 4 is 11.6 Å². The minimum Gasteiger partial charge on any atom is -0.372 e. The van der Waals surface area contributed by atoms with Crippen molar-refractivity contribution in [1.29, 1.82) is 0 Å². The van der Waals surface area contributed by atoms with E-state index in [0.29, 0.717) is 31.1 Å². The van der Waals surface area contributed by atoms with Gasteiger partial charge in [-0.15, -0.1) is 0 Å². The van der Waals surface area contributed by atoms with Crippen molar-refractivity contribution in [3.8, 4) is 11.4 Å². The molecular weight excluding hydrogens is 400 g/mol. The Morgan fingerprint density at radius 2 is 1.81 bits per heavy atom. The van der Waals surface area contributed by atoms with E-state index in [0.717, 1.165) is 37.4 Å². The summed E-state index contributed by atoms with van der Waals surface area (Å²) in [5.41, 5.74) is 3.46. The number of aromatic nitrogens is 2. The van der Waals surface area contributed by atoms with E-state index in [4.69, 9.17) is 4.52 Å². The second-order valence-corrected chi connectivity index (χ2v) is 8.67. The average Bonchev–Trinajstić information content (AvgIpc) is 3.31. The Hall–Kier alpha value is -3.15. The van der Waals surface area contributed by atoms with Crippen LogP contribution < -0.4 is 10.2 Å². The molecule has 0 bridgehead atoms. The van der Waals surface area contributed by atoms with Crippen molar-refractivity contribution in [2.45, 2.75) is 45.4 Å². The van der Waals surface area contributed by atoms with E-state index in [9.17, 15) is 4.79 Å². The zero-order valence-corrected chi connectivity index (χ0v) is 18.8. The summed E-state index contributed by atoms with van der Waals surface area (Å²) in [6, 6.07) is 18.6. The van der Waals surface area contributed by atoms with Gasteiger partial charge in [-0.05, 0) is 61.4 Å². The van der Waals surface area contributed by atoms with Crippen LogP contribution in [0.15, 0.2) is 59.1 Å². The minimum absolute atomic E-state index is 0.0121. The summed E-state index contributed by atoms with van der Waals surface area (Å²) in [4.78, 5) is 19.0. The number of amides is 1. The maximum atomic E-state index is 12.1. The summed E-state index contributed by atoms with van der Waals surface area (Å²) in [6.07, 6.45) is 5.17. The zero-order valence-electron chi connectivity index (χ0n) is 18.8. The molecule has 6 nitrogen and oxygen atoms in total. The summed E-state index contributed by atoms with van der Waals surface area (Å²) in [6.45, 7) is 5.22. The van der Waals surface area contributed by atoms with Gasteiger partial charge >= 0.3 is 0 Å². The molecule has 1 aromatic heterocycles. The molecule has 32 heavy (non-hydrogen) atoms. The Bertz CT molecular complexity index is 977. The molecule has 2 heterocycles. The first-order chi connectivity index (χ1) is 15.7. The van der Waals surface area contributed by atoms with Crippen molar-refractivity contribution in [3.63, 3.8) is 0 Å².